The molecule has 0 spiro atoms. The number of carbonyl (C=O) groups excluding carboxylic acids is 3. The van der Waals surface area contributed by atoms with E-state index in [1.807, 2.05) is 27.7 Å². The number of carbonyl (C=O) groups is 3. The van der Waals surface area contributed by atoms with E-state index in [1.54, 1.807) is 0 Å². The smallest absolute Gasteiger partial charge is 0.221 e. The fraction of sp³-hybridized carbons (Fsp3) is 0.870. The van der Waals surface area contributed by atoms with Crippen LogP contribution < -0.4 is 5.32 Å². The van der Waals surface area contributed by atoms with Gasteiger partial charge in [-0.15, -0.1) is 0 Å². The second-order valence-electron chi connectivity index (χ2n) is 9.66. The van der Waals surface area contributed by atoms with Crippen LogP contribution in [0.1, 0.15) is 53.4 Å². The quantitative estimate of drug-likeness (QED) is 0.574. The number of nitrogens with one attached hydrogen (secondary N) is 1. The predicted octanol–water partition coefficient (Wildman–Crippen LogP) is 1.41. The van der Waals surface area contributed by atoms with Gasteiger partial charge in [-0.25, -0.2) is 0 Å². The summed E-state index contributed by atoms with van der Waals surface area (Å²) in [6.45, 7) is 14.6. The summed E-state index contributed by atoms with van der Waals surface area (Å²) in [5.74, 6) is -0.521. The van der Waals surface area contributed by atoms with Gasteiger partial charge in [0.25, 0.3) is 0 Å². The molecule has 1 unspecified atom stereocenters. The molecule has 0 aromatic rings. The Morgan fingerprint density at radius 2 is 1.50 bits per heavy atom. The lowest BCUT2D eigenvalue weighted by Gasteiger charge is -2.42. The van der Waals surface area contributed by atoms with Crippen molar-refractivity contribution in [3.8, 4) is 0 Å². The van der Waals surface area contributed by atoms with Crippen molar-refractivity contribution in [1.82, 2.24) is 20.0 Å². The second-order valence-corrected chi connectivity index (χ2v) is 9.66. The lowest BCUT2D eigenvalue weighted by atomic mass is 9.94. The number of rotatable bonds is 10. The van der Waals surface area contributed by atoms with Crippen LogP contribution in [-0.2, 0) is 14.4 Å². The molecule has 0 aromatic carbocycles. The van der Waals surface area contributed by atoms with Crippen molar-refractivity contribution >= 4 is 17.5 Å². The minimum atomic E-state index is -0.699. The molecular formula is C23H42N4O3. The molecule has 2 aliphatic heterocycles. The Morgan fingerprint density at radius 1 is 0.900 bits per heavy atom. The van der Waals surface area contributed by atoms with Crippen LogP contribution in [0.25, 0.3) is 0 Å². The highest BCUT2D eigenvalue weighted by Gasteiger charge is 2.28. The number of hydrogen-bond donors (Lipinski definition) is 1. The van der Waals surface area contributed by atoms with Crippen LogP contribution in [0.3, 0.4) is 0 Å². The molecular weight excluding hydrogens is 380 g/mol. The summed E-state index contributed by atoms with van der Waals surface area (Å²) in [6.07, 6.45) is 2.78. The van der Waals surface area contributed by atoms with Crippen LogP contribution in [0, 0.1) is 11.8 Å². The minimum Gasteiger partial charge on any atom is -0.346 e. The fourth-order valence-corrected chi connectivity index (χ4v) is 4.28. The van der Waals surface area contributed by atoms with Crippen LogP contribution in [0.5, 0.6) is 0 Å². The van der Waals surface area contributed by atoms with Gasteiger partial charge in [0.05, 0.1) is 6.04 Å². The third-order valence-electron chi connectivity index (χ3n) is 6.56. The zero-order valence-corrected chi connectivity index (χ0v) is 19.7. The van der Waals surface area contributed by atoms with Gasteiger partial charge in [0.1, 0.15) is 5.78 Å². The number of hydrogen-bond acceptors (Lipinski definition) is 6. The van der Waals surface area contributed by atoms with Gasteiger partial charge in [-0.05, 0) is 33.0 Å². The predicted molar refractivity (Wildman–Crippen MR) is 119 cm³/mol. The van der Waals surface area contributed by atoms with Crippen LogP contribution >= 0.6 is 0 Å². The van der Waals surface area contributed by atoms with E-state index in [-0.39, 0.29) is 35.7 Å². The molecule has 1 atom stereocenters. The van der Waals surface area contributed by atoms with E-state index < -0.39 is 6.04 Å². The van der Waals surface area contributed by atoms with Gasteiger partial charge in [-0.3, -0.25) is 19.3 Å². The van der Waals surface area contributed by atoms with Gasteiger partial charge < -0.3 is 15.1 Å². The third-order valence-corrected chi connectivity index (χ3v) is 6.56. The van der Waals surface area contributed by atoms with E-state index >= 15 is 0 Å². The van der Waals surface area contributed by atoms with E-state index in [9.17, 15) is 14.4 Å². The summed E-state index contributed by atoms with van der Waals surface area (Å²) >= 11 is 0. The average molecular weight is 423 g/mol. The third kappa shape index (κ3) is 7.75. The summed E-state index contributed by atoms with van der Waals surface area (Å²) in [4.78, 5) is 44.5. The Hall–Kier alpha value is -1.31. The zero-order valence-electron chi connectivity index (χ0n) is 19.7. The van der Waals surface area contributed by atoms with E-state index in [2.05, 4.69) is 27.1 Å². The molecule has 172 valence electrons. The van der Waals surface area contributed by atoms with Gasteiger partial charge in [-0.2, -0.15) is 0 Å². The lowest BCUT2D eigenvalue weighted by molar-refractivity contribution is -0.132. The number of ketones is 2. The highest BCUT2D eigenvalue weighted by atomic mass is 16.2. The first-order valence-corrected chi connectivity index (χ1v) is 11.7. The lowest BCUT2D eigenvalue weighted by Crippen LogP contribution is -2.52. The summed E-state index contributed by atoms with van der Waals surface area (Å²) in [7, 11) is 2.18. The molecule has 0 radical (unpaired) electrons. The molecule has 1 amide bonds. The number of Topliss-reactive ketones (excluding diaryl/α,β-unsaturated/α-hetero) is 2. The van der Waals surface area contributed by atoms with Gasteiger partial charge >= 0.3 is 0 Å². The number of nitrogens with zero attached hydrogens (tertiary/aromatic N) is 3. The van der Waals surface area contributed by atoms with Crippen LogP contribution in [0.4, 0.5) is 0 Å². The van der Waals surface area contributed by atoms with E-state index in [4.69, 9.17) is 0 Å². The minimum absolute atomic E-state index is 0.0141. The first kappa shape index (κ1) is 25.0. The zero-order chi connectivity index (χ0) is 22.3. The van der Waals surface area contributed by atoms with Crippen molar-refractivity contribution in [2.24, 2.45) is 11.8 Å². The van der Waals surface area contributed by atoms with E-state index in [1.165, 1.54) is 0 Å². The molecule has 2 heterocycles. The fourth-order valence-electron chi connectivity index (χ4n) is 4.28. The summed E-state index contributed by atoms with van der Waals surface area (Å²) in [6, 6.07) is -0.0331. The Bertz CT molecular complexity index is 577. The molecule has 0 aromatic heterocycles. The molecule has 7 heteroatoms. The number of piperidine rings is 1. The van der Waals surface area contributed by atoms with E-state index in [0.29, 0.717) is 19.0 Å². The van der Waals surface area contributed by atoms with Gasteiger partial charge in [0.2, 0.25) is 5.91 Å². The Kier molecular flexibility index (Phi) is 9.91. The number of amides is 1. The second kappa shape index (κ2) is 11.9. The van der Waals surface area contributed by atoms with Gasteiger partial charge in [0.15, 0.2) is 5.78 Å². The Labute approximate surface area is 182 Å². The molecule has 2 saturated heterocycles. The Balaban J connectivity index is 1.74. The highest BCUT2D eigenvalue weighted by Crippen LogP contribution is 2.18. The van der Waals surface area contributed by atoms with Crippen molar-refractivity contribution in [3.63, 3.8) is 0 Å². The molecule has 30 heavy (non-hydrogen) atoms. The largest absolute Gasteiger partial charge is 0.346 e. The summed E-state index contributed by atoms with van der Waals surface area (Å²) in [5, 5.41) is 2.84. The van der Waals surface area contributed by atoms with Crippen LogP contribution in [-0.4, -0.2) is 97.1 Å². The molecule has 2 fully saturated rings. The van der Waals surface area contributed by atoms with Gasteiger partial charge in [-0.1, -0.05) is 27.7 Å². The summed E-state index contributed by atoms with van der Waals surface area (Å²) in [5.41, 5.74) is 0. The van der Waals surface area contributed by atoms with Crippen LogP contribution in [0.2, 0.25) is 0 Å². The molecule has 2 rings (SSSR count). The highest BCUT2D eigenvalue weighted by molar-refractivity contribution is 5.94. The average Bonchev–Trinajstić information content (AvgIpc) is 2.72. The first-order chi connectivity index (χ1) is 14.2. The van der Waals surface area contributed by atoms with Crippen molar-refractivity contribution in [3.05, 3.63) is 0 Å². The monoisotopic (exact) mass is 422 g/mol. The number of likely N-dealkylation sites (N-methyl/N-ethyl adjacent to an activating group) is 1. The SMILES string of the molecule is CC(C)C(=O)CC(NC(=O)CCN1CCC(N2CCN(C)CC2)CC1)C(=O)C(C)C. The van der Waals surface area contributed by atoms with Crippen molar-refractivity contribution in [2.45, 2.75) is 65.5 Å². The maximum Gasteiger partial charge on any atom is 0.221 e. The molecule has 0 bridgehead atoms. The maximum atomic E-state index is 12.5. The van der Waals surface area contributed by atoms with Crippen molar-refractivity contribution in [1.29, 1.82) is 0 Å². The van der Waals surface area contributed by atoms with E-state index in [0.717, 1.165) is 52.1 Å². The van der Waals surface area contributed by atoms with Crippen molar-refractivity contribution < 1.29 is 14.4 Å². The van der Waals surface area contributed by atoms with Crippen LogP contribution in [0.15, 0.2) is 0 Å². The Morgan fingerprint density at radius 3 is 2.03 bits per heavy atom. The molecule has 0 aliphatic carbocycles. The molecule has 0 saturated carbocycles. The molecule has 1 N–H and O–H groups in total. The molecule has 2 aliphatic rings. The van der Waals surface area contributed by atoms with Gasteiger partial charge in [0, 0.05) is 63.4 Å². The number of likely N-dealkylation sites (tertiary alicyclic amines) is 1. The topological polar surface area (TPSA) is 73.0 Å². The molecule has 7 nitrogen and oxygen atoms in total. The maximum absolute atomic E-state index is 12.5. The van der Waals surface area contributed by atoms with Crippen molar-refractivity contribution in [2.75, 3.05) is 52.9 Å². The number of piperazine rings is 1. The normalized spacial score (nSPS) is 21.2. The summed E-state index contributed by atoms with van der Waals surface area (Å²) < 4.78 is 0. The first-order valence-electron chi connectivity index (χ1n) is 11.7. The standard InChI is InChI=1S/C23H42N4O3/c1-17(2)21(28)16-20(23(30)18(3)4)24-22(29)8-11-26-9-6-19(7-10-26)27-14-12-25(5)13-15-27/h17-20H,6-16H2,1-5H3,(H,24,29).